The van der Waals surface area contributed by atoms with Gasteiger partial charge in [0.25, 0.3) is 5.91 Å². The topological polar surface area (TPSA) is 108 Å². The first kappa shape index (κ1) is 29.6. The largest absolute Gasteiger partial charge is 0.465 e. The molecule has 0 radical (unpaired) electrons. The van der Waals surface area contributed by atoms with Gasteiger partial charge in [-0.3, -0.25) is 9.59 Å². The van der Waals surface area contributed by atoms with E-state index in [0.717, 1.165) is 22.3 Å². The zero-order chi connectivity index (χ0) is 28.4. The van der Waals surface area contributed by atoms with Crippen molar-refractivity contribution in [3.63, 3.8) is 0 Å². The molecule has 0 aromatic heterocycles. The van der Waals surface area contributed by atoms with Crippen LogP contribution in [0.2, 0.25) is 0 Å². The van der Waals surface area contributed by atoms with Gasteiger partial charge in [0.1, 0.15) is 6.04 Å². The third-order valence-corrected chi connectivity index (χ3v) is 6.62. The summed E-state index contributed by atoms with van der Waals surface area (Å²) in [5.41, 5.74) is 11.0. The third kappa shape index (κ3) is 8.26. The van der Waals surface area contributed by atoms with Gasteiger partial charge >= 0.3 is 11.9 Å². The minimum Gasteiger partial charge on any atom is -0.465 e. The zero-order valence-electron chi connectivity index (χ0n) is 23.1. The lowest BCUT2D eigenvalue weighted by molar-refractivity contribution is -0.144. The molecule has 0 aliphatic carbocycles. The van der Waals surface area contributed by atoms with Crippen molar-refractivity contribution in [1.82, 2.24) is 5.32 Å². The van der Waals surface area contributed by atoms with Gasteiger partial charge in [0.15, 0.2) is 0 Å². The molecule has 0 saturated carbocycles. The van der Waals surface area contributed by atoms with Crippen molar-refractivity contribution in [2.75, 3.05) is 19.8 Å². The van der Waals surface area contributed by atoms with Crippen LogP contribution >= 0.6 is 0 Å². The Bertz CT molecular complexity index is 1240. The first-order chi connectivity index (χ1) is 18.7. The van der Waals surface area contributed by atoms with Crippen molar-refractivity contribution >= 4 is 17.8 Å². The van der Waals surface area contributed by atoms with E-state index >= 15 is 0 Å². The number of rotatable bonds is 12. The predicted molar refractivity (Wildman–Crippen MR) is 153 cm³/mol. The third-order valence-electron chi connectivity index (χ3n) is 6.62. The first-order valence-corrected chi connectivity index (χ1v) is 13.4. The molecule has 3 aromatic rings. The normalized spacial score (nSPS) is 12.5. The number of carbonyl (C=O) groups excluding carboxylic acids is 3. The average Bonchev–Trinajstić information content (AvgIpc) is 2.94. The molecule has 39 heavy (non-hydrogen) atoms. The van der Waals surface area contributed by atoms with Crippen LogP contribution in [0.3, 0.4) is 0 Å². The number of hydrogen-bond donors (Lipinski definition) is 2. The summed E-state index contributed by atoms with van der Waals surface area (Å²) in [5.74, 6) is -0.461. The van der Waals surface area contributed by atoms with Gasteiger partial charge in [-0.25, -0.2) is 4.79 Å². The summed E-state index contributed by atoms with van der Waals surface area (Å²) >= 11 is 0. The molecule has 1 amide bonds. The summed E-state index contributed by atoms with van der Waals surface area (Å²) in [6.45, 7) is 8.95. The fourth-order valence-electron chi connectivity index (χ4n) is 4.36. The number of nitrogens with one attached hydrogen (secondary N) is 1. The van der Waals surface area contributed by atoms with Gasteiger partial charge in [0, 0.05) is 18.0 Å². The molecule has 0 aliphatic rings. The molecule has 0 saturated heterocycles. The number of hydrogen-bond acceptors (Lipinski definition) is 6. The smallest absolute Gasteiger partial charge is 0.338 e. The minimum atomic E-state index is -0.730. The van der Waals surface area contributed by atoms with Crippen LogP contribution in [0.4, 0.5) is 0 Å². The minimum absolute atomic E-state index is 0.135. The Labute approximate surface area is 230 Å². The van der Waals surface area contributed by atoms with Crippen molar-refractivity contribution in [2.45, 2.75) is 46.1 Å². The van der Waals surface area contributed by atoms with E-state index in [2.05, 4.69) is 43.4 Å². The number of carbonyl (C=O) groups is 3. The van der Waals surface area contributed by atoms with Crippen LogP contribution in [0.25, 0.3) is 11.1 Å². The van der Waals surface area contributed by atoms with E-state index in [4.69, 9.17) is 15.2 Å². The Balaban J connectivity index is 1.61. The monoisotopic (exact) mass is 530 g/mol. The van der Waals surface area contributed by atoms with Crippen LogP contribution in [0.15, 0.2) is 72.8 Å². The molecule has 0 bridgehead atoms. The maximum Gasteiger partial charge on any atom is 0.338 e. The highest BCUT2D eigenvalue weighted by atomic mass is 16.5. The van der Waals surface area contributed by atoms with Crippen molar-refractivity contribution < 1.29 is 23.9 Å². The Morgan fingerprint density at radius 2 is 1.31 bits per heavy atom. The van der Waals surface area contributed by atoms with E-state index in [1.165, 1.54) is 0 Å². The van der Waals surface area contributed by atoms with E-state index < -0.39 is 12.0 Å². The molecule has 0 heterocycles. The summed E-state index contributed by atoms with van der Waals surface area (Å²) in [6, 6.07) is 22.1. The molecular formula is C32H38N2O5. The van der Waals surface area contributed by atoms with Crippen LogP contribution in [0.5, 0.6) is 0 Å². The van der Waals surface area contributed by atoms with E-state index in [1.807, 2.05) is 24.3 Å². The van der Waals surface area contributed by atoms with Crippen molar-refractivity contribution in [1.29, 1.82) is 0 Å². The van der Waals surface area contributed by atoms with E-state index in [9.17, 15) is 14.4 Å². The summed E-state index contributed by atoms with van der Waals surface area (Å²) in [6.07, 6.45) is 0.349. The average molecular weight is 531 g/mol. The Morgan fingerprint density at radius 1 is 0.769 bits per heavy atom. The molecule has 0 fully saturated rings. The maximum atomic E-state index is 12.8. The van der Waals surface area contributed by atoms with Gasteiger partial charge in [0.2, 0.25) is 0 Å². The van der Waals surface area contributed by atoms with Crippen LogP contribution in [-0.2, 0) is 20.7 Å². The van der Waals surface area contributed by atoms with Gasteiger partial charge in [0.05, 0.1) is 18.8 Å². The highest BCUT2D eigenvalue weighted by molar-refractivity contribution is 5.94. The molecule has 3 N–H and O–H groups in total. The number of benzene rings is 3. The summed E-state index contributed by atoms with van der Waals surface area (Å²) in [7, 11) is 0. The first-order valence-electron chi connectivity index (χ1n) is 13.4. The second-order valence-corrected chi connectivity index (χ2v) is 9.74. The maximum absolute atomic E-state index is 12.8. The Kier molecular flexibility index (Phi) is 10.8. The highest BCUT2D eigenvalue weighted by Crippen LogP contribution is 2.27. The van der Waals surface area contributed by atoms with Gasteiger partial charge in [-0.1, -0.05) is 62.4 Å². The second kappa shape index (κ2) is 14.3. The lowest BCUT2D eigenvalue weighted by atomic mass is 9.87. The number of esters is 2. The van der Waals surface area contributed by atoms with Crippen LogP contribution in [-0.4, -0.2) is 43.6 Å². The molecule has 3 aromatic carbocycles. The number of amides is 1. The van der Waals surface area contributed by atoms with Gasteiger partial charge in [-0.2, -0.15) is 0 Å². The lowest BCUT2D eigenvalue weighted by Crippen LogP contribution is -2.34. The van der Waals surface area contributed by atoms with Crippen LogP contribution in [0, 0.1) is 5.92 Å². The standard InChI is InChI=1S/C32H38N2O5/c1-5-38-31(36)27-17-13-24(14-18-27)23-11-15-25(16-12-23)28(21(3)4)20-34-30(35)26-9-7-22(8-10-26)19-29(33)32(37)39-6-2/h7-18,21,28-29H,5-6,19-20,33H2,1-4H3,(H,34,35)/t28-,29+/m1/s1. The molecule has 0 spiro atoms. The highest BCUT2D eigenvalue weighted by Gasteiger charge is 2.19. The van der Waals surface area contributed by atoms with E-state index in [-0.39, 0.29) is 17.8 Å². The molecule has 7 nitrogen and oxygen atoms in total. The number of ether oxygens (including phenoxy) is 2. The second-order valence-electron chi connectivity index (χ2n) is 9.74. The molecule has 7 heteroatoms. The molecule has 0 unspecified atom stereocenters. The van der Waals surface area contributed by atoms with Crippen molar-refractivity contribution in [2.24, 2.45) is 11.7 Å². The van der Waals surface area contributed by atoms with Gasteiger partial charge < -0.3 is 20.5 Å². The fourth-order valence-corrected chi connectivity index (χ4v) is 4.36. The number of nitrogens with two attached hydrogens (primary N) is 1. The molecule has 3 rings (SSSR count). The summed E-state index contributed by atoms with van der Waals surface area (Å²) < 4.78 is 10.0. The lowest BCUT2D eigenvalue weighted by Gasteiger charge is -2.22. The Morgan fingerprint density at radius 3 is 1.85 bits per heavy atom. The molecule has 2 atom stereocenters. The molecular weight excluding hydrogens is 492 g/mol. The van der Waals surface area contributed by atoms with Crippen LogP contribution < -0.4 is 11.1 Å². The summed E-state index contributed by atoms with van der Waals surface area (Å²) in [4.78, 5) is 36.5. The Hall–Kier alpha value is -3.97. The molecule has 206 valence electrons. The summed E-state index contributed by atoms with van der Waals surface area (Å²) in [5, 5.41) is 3.07. The van der Waals surface area contributed by atoms with Gasteiger partial charge in [-0.05, 0) is 72.7 Å². The van der Waals surface area contributed by atoms with Crippen LogP contribution in [0.1, 0.15) is 65.5 Å². The van der Waals surface area contributed by atoms with Crippen molar-refractivity contribution in [3.05, 3.63) is 95.1 Å². The van der Waals surface area contributed by atoms with E-state index in [0.29, 0.717) is 43.2 Å². The SMILES string of the molecule is CCOC(=O)c1ccc(-c2ccc([C@H](CNC(=O)c3ccc(C[C@H](N)C(=O)OCC)cc3)C(C)C)cc2)cc1. The van der Waals surface area contributed by atoms with E-state index in [1.54, 1.807) is 38.1 Å². The molecule has 0 aliphatic heterocycles. The quantitative estimate of drug-likeness (QED) is 0.314. The fraction of sp³-hybridized carbons (Fsp3) is 0.344. The predicted octanol–water partition coefficient (Wildman–Crippen LogP) is 5.13. The van der Waals surface area contributed by atoms with Gasteiger partial charge in [-0.15, -0.1) is 0 Å². The van der Waals surface area contributed by atoms with Crippen molar-refractivity contribution in [3.8, 4) is 11.1 Å². The zero-order valence-corrected chi connectivity index (χ0v) is 23.1.